The summed E-state index contributed by atoms with van der Waals surface area (Å²) in [5, 5.41) is 0. The summed E-state index contributed by atoms with van der Waals surface area (Å²) in [4.78, 5) is 26.1. The van der Waals surface area contributed by atoms with Crippen molar-refractivity contribution in [3.8, 4) is 5.69 Å². The van der Waals surface area contributed by atoms with E-state index in [2.05, 4.69) is 0 Å². The second-order valence-corrected chi connectivity index (χ2v) is 6.53. The molecule has 2 aromatic rings. The van der Waals surface area contributed by atoms with E-state index >= 15 is 0 Å². The molecule has 0 bridgehead atoms. The molecule has 0 aliphatic rings. The molecule has 0 radical (unpaired) electrons. The number of amides is 1. The maximum atomic E-state index is 12.9. The van der Waals surface area contributed by atoms with E-state index in [4.69, 9.17) is 9.47 Å². The zero-order valence-corrected chi connectivity index (χ0v) is 16.3. The van der Waals surface area contributed by atoms with Crippen LogP contribution in [-0.2, 0) is 14.3 Å². The molecule has 1 heterocycles. The molecule has 0 fully saturated rings. The number of methoxy groups -OCH3 is 1. The van der Waals surface area contributed by atoms with Crippen molar-refractivity contribution in [2.45, 2.75) is 32.8 Å². The fourth-order valence-corrected chi connectivity index (χ4v) is 2.68. The molecule has 6 heteroatoms. The van der Waals surface area contributed by atoms with Crippen molar-refractivity contribution < 1.29 is 19.1 Å². The molecule has 1 aromatic heterocycles. The Morgan fingerprint density at radius 2 is 1.74 bits per heavy atom. The predicted molar refractivity (Wildman–Crippen MR) is 104 cm³/mol. The normalized spacial score (nSPS) is 10.8. The lowest BCUT2D eigenvalue weighted by atomic mass is 10.1. The lowest BCUT2D eigenvalue weighted by Crippen LogP contribution is -2.34. The van der Waals surface area contributed by atoms with Crippen LogP contribution in [0.2, 0.25) is 0 Å². The summed E-state index contributed by atoms with van der Waals surface area (Å²) in [6, 6.07) is 11.3. The third-order valence-electron chi connectivity index (χ3n) is 4.14. The van der Waals surface area contributed by atoms with Crippen molar-refractivity contribution in [2.24, 2.45) is 0 Å². The first-order valence-electron chi connectivity index (χ1n) is 9.22. The number of benzene rings is 1. The van der Waals surface area contributed by atoms with Crippen molar-refractivity contribution in [1.29, 1.82) is 0 Å². The van der Waals surface area contributed by atoms with Crippen molar-refractivity contribution in [3.63, 3.8) is 0 Å². The highest BCUT2D eigenvalue weighted by Gasteiger charge is 2.17. The number of rotatable bonds is 10. The minimum atomic E-state index is -0.325. The number of hydrogen-bond donors (Lipinski definition) is 0. The van der Waals surface area contributed by atoms with Gasteiger partial charge in [0.15, 0.2) is 0 Å². The molecule has 27 heavy (non-hydrogen) atoms. The number of aromatic nitrogens is 1. The monoisotopic (exact) mass is 372 g/mol. The van der Waals surface area contributed by atoms with Gasteiger partial charge in [0.1, 0.15) is 0 Å². The Labute approximate surface area is 160 Å². The van der Waals surface area contributed by atoms with Gasteiger partial charge >= 0.3 is 5.97 Å². The van der Waals surface area contributed by atoms with Gasteiger partial charge in [-0.15, -0.1) is 0 Å². The third kappa shape index (κ3) is 6.57. The van der Waals surface area contributed by atoms with Crippen LogP contribution in [0.25, 0.3) is 5.69 Å². The van der Waals surface area contributed by atoms with Crippen molar-refractivity contribution >= 4 is 11.9 Å². The van der Waals surface area contributed by atoms with Crippen molar-refractivity contribution in [2.75, 3.05) is 26.8 Å². The first-order valence-corrected chi connectivity index (χ1v) is 9.22. The van der Waals surface area contributed by atoms with Crippen LogP contribution in [0.5, 0.6) is 0 Å². The molecule has 0 saturated carbocycles. The van der Waals surface area contributed by atoms with Gasteiger partial charge in [-0.2, -0.15) is 0 Å². The molecule has 0 aliphatic heterocycles. The van der Waals surface area contributed by atoms with Crippen LogP contribution < -0.4 is 0 Å². The standard InChI is InChI=1S/C21H28N2O4/c1-17(2)27-16-6-14-23(15-11-20(24)26-3)21(25)18-7-9-19(10-8-18)22-12-4-5-13-22/h4-5,7-10,12-13,17H,6,11,14-16H2,1-3H3. The molecule has 1 amide bonds. The first-order chi connectivity index (χ1) is 13.0. The number of ether oxygens (including phenoxy) is 2. The quantitative estimate of drug-likeness (QED) is 0.474. The number of carbonyl (C=O) groups is 2. The third-order valence-corrected chi connectivity index (χ3v) is 4.14. The van der Waals surface area contributed by atoms with Gasteiger partial charge in [-0.05, 0) is 56.7 Å². The molecular weight excluding hydrogens is 344 g/mol. The zero-order valence-electron chi connectivity index (χ0n) is 16.3. The number of hydrogen-bond acceptors (Lipinski definition) is 4. The molecular formula is C21H28N2O4. The lowest BCUT2D eigenvalue weighted by molar-refractivity contribution is -0.140. The summed E-state index contributed by atoms with van der Waals surface area (Å²) >= 11 is 0. The van der Waals surface area contributed by atoms with Gasteiger partial charge < -0.3 is 18.9 Å². The summed E-state index contributed by atoms with van der Waals surface area (Å²) in [5.41, 5.74) is 1.59. The maximum Gasteiger partial charge on any atom is 0.307 e. The highest BCUT2D eigenvalue weighted by molar-refractivity contribution is 5.94. The zero-order chi connectivity index (χ0) is 19.6. The van der Waals surface area contributed by atoms with E-state index in [0.29, 0.717) is 31.7 Å². The topological polar surface area (TPSA) is 60.8 Å². The smallest absolute Gasteiger partial charge is 0.307 e. The van der Waals surface area contributed by atoms with Crippen LogP contribution in [0, 0.1) is 0 Å². The minimum Gasteiger partial charge on any atom is -0.469 e. The molecule has 0 aliphatic carbocycles. The molecule has 0 atom stereocenters. The van der Waals surface area contributed by atoms with E-state index in [-0.39, 0.29) is 24.4 Å². The van der Waals surface area contributed by atoms with Crippen molar-refractivity contribution in [3.05, 3.63) is 54.4 Å². The number of esters is 1. The average Bonchev–Trinajstić information content (AvgIpc) is 3.21. The van der Waals surface area contributed by atoms with Gasteiger partial charge in [0.25, 0.3) is 5.91 Å². The van der Waals surface area contributed by atoms with Crippen LogP contribution in [0.3, 0.4) is 0 Å². The maximum absolute atomic E-state index is 12.9. The van der Waals surface area contributed by atoms with Crippen LogP contribution >= 0.6 is 0 Å². The van der Waals surface area contributed by atoms with Gasteiger partial charge in [-0.3, -0.25) is 9.59 Å². The highest BCUT2D eigenvalue weighted by atomic mass is 16.5. The fourth-order valence-electron chi connectivity index (χ4n) is 2.68. The Bertz CT molecular complexity index is 708. The summed E-state index contributed by atoms with van der Waals surface area (Å²) in [5.74, 6) is -0.420. The first kappa shape index (κ1) is 20.7. The molecule has 146 valence electrons. The molecule has 2 rings (SSSR count). The van der Waals surface area contributed by atoms with Gasteiger partial charge in [-0.25, -0.2) is 0 Å². The van der Waals surface area contributed by atoms with E-state index in [1.54, 1.807) is 4.90 Å². The molecule has 0 saturated heterocycles. The highest BCUT2D eigenvalue weighted by Crippen LogP contribution is 2.13. The lowest BCUT2D eigenvalue weighted by Gasteiger charge is -2.23. The minimum absolute atomic E-state index is 0.0949. The average molecular weight is 372 g/mol. The van der Waals surface area contributed by atoms with Crippen LogP contribution in [0.4, 0.5) is 0 Å². The molecule has 1 aromatic carbocycles. The second kappa shape index (κ2) is 10.5. The summed E-state index contributed by atoms with van der Waals surface area (Å²) < 4.78 is 12.2. The Morgan fingerprint density at radius 1 is 1.07 bits per heavy atom. The number of carbonyl (C=O) groups excluding carboxylic acids is 2. The Balaban J connectivity index is 2.02. The van der Waals surface area contributed by atoms with Gasteiger partial charge in [0.2, 0.25) is 0 Å². The van der Waals surface area contributed by atoms with E-state index < -0.39 is 0 Å². The molecule has 0 spiro atoms. The van der Waals surface area contributed by atoms with Gasteiger partial charge in [0, 0.05) is 43.3 Å². The van der Waals surface area contributed by atoms with Crippen LogP contribution in [0.1, 0.15) is 37.0 Å². The Hall–Kier alpha value is -2.60. The second-order valence-electron chi connectivity index (χ2n) is 6.53. The van der Waals surface area contributed by atoms with E-state index in [1.807, 2.05) is 67.2 Å². The Morgan fingerprint density at radius 3 is 2.33 bits per heavy atom. The molecule has 0 N–H and O–H groups in total. The van der Waals surface area contributed by atoms with Gasteiger partial charge in [0.05, 0.1) is 19.6 Å². The van der Waals surface area contributed by atoms with E-state index in [1.165, 1.54) is 7.11 Å². The Kier molecular flexibility index (Phi) is 8.07. The summed E-state index contributed by atoms with van der Waals surface area (Å²) in [6.07, 6.45) is 4.95. The largest absolute Gasteiger partial charge is 0.469 e. The van der Waals surface area contributed by atoms with Gasteiger partial charge in [-0.1, -0.05) is 0 Å². The molecule has 0 unspecified atom stereocenters. The summed E-state index contributed by atoms with van der Waals surface area (Å²) in [7, 11) is 1.35. The number of nitrogens with zero attached hydrogens (tertiary/aromatic N) is 2. The van der Waals surface area contributed by atoms with E-state index in [9.17, 15) is 9.59 Å². The van der Waals surface area contributed by atoms with Crippen LogP contribution in [0.15, 0.2) is 48.8 Å². The SMILES string of the molecule is COC(=O)CCN(CCCOC(C)C)C(=O)c1ccc(-n2cccc2)cc1. The van der Waals surface area contributed by atoms with Crippen LogP contribution in [-0.4, -0.2) is 54.3 Å². The van der Waals surface area contributed by atoms with E-state index in [0.717, 1.165) is 5.69 Å². The molecule has 6 nitrogen and oxygen atoms in total. The summed E-state index contributed by atoms with van der Waals surface area (Å²) in [6.45, 7) is 5.39. The fraction of sp³-hybridized carbons (Fsp3) is 0.429. The predicted octanol–water partition coefficient (Wildman–Crippen LogP) is 3.30. The van der Waals surface area contributed by atoms with Crippen molar-refractivity contribution in [1.82, 2.24) is 9.47 Å².